The molecule has 1 rings (SSSR count). The standard InChI is InChI=1S/C12H20N2O2S/c1-13(2)6-4-7-14(3)9-10-5-8-17-11(10)12(15)16/h5,8H,4,6-7,9H2,1-3H3,(H,15,16). The number of hydrogen-bond donors (Lipinski definition) is 1. The molecule has 0 fully saturated rings. The highest BCUT2D eigenvalue weighted by Gasteiger charge is 2.12. The number of carboxylic acids is 1. The van der Waals surface area contributed by atoms with Gasteiger partial charge >= 0.3 is 5.97 Å². The molecule has 1 aromatic heterocycles. The van der Waals surface area contributed by atoms with Crippen LogP contribution in [-0.4, -0.2) is 55.1 Å². The van der Waals surface area contributed by atoms with Crippen LogP contribution in [0, 0.1) is 0 Å². The summed E-state index contributed by atoms with van der Waals surface area (Å²) in [6.45, 7) is 2.74. The van der Waals surface area contributed by atoms with Crippen molar-refractivity contribution in [3.05, 3.63) is 21.9 Å². The summed E-state index contributed by atoms with van der Waals surface area (Å²) in [7, 11) is 6.14. The first-order valence-corrected chi connectivity index (χ1v) is 6.51. The summed E-state index contributed by atoms with van der Waals surface area (Å²) in [6, 6.07) is 1.90. The molecule has 0 aromatic carbocycles. The monoisotopic (exact) mass is 256 g/mol. The van der Waals surface area contributed by atoms with Crippen molar-refractivity contribution in [1.82, 2.24) is 9.80 Å². The van der Waals surface area contributed by atoms with Crippen molar-refractivity contribution < 1.29 is 9.90 Å². The average Bonchev–Trinajstić information content (AvgIpc) is 2.65. The molecule has 0 atom stereocenters. The average molecular weight is 256 g/mol. The molecule has 0 unspecified atom stereocenters. The maximum Gasteiger partial charge on any atom is 0.346 e. The van der Waals surface area contributed by atoms with E-state index < -0.39 is 5.97 Å². The van der Waals surface area contributed by atoms with Gasteiger partial charge in [-0.25, -0.2) is 4.79 Å². The molecule has 0 saturated carbocycles. The third-order valence-electron chi connectivity index (χ3n) is 2.53. The van der Waals surface area contributed by atoms with E-state index in [0.29, 0.717) is 11.4 Å². The van der Waals surface area contributed by atoms with Gasteiger partial charge in [0.2, 0.25) is 0 Å². The van der Waals surface area contributed by atoms with Gasteiger partial charge < -0.3 is 14.9 Å². The predicted octanol–water partition coefficient (Wildman–Crippen LogP) is 1.83. The first kappa shape index (κ1) is 14.2. The maximum atomic E-state index is 11.0. The Labute approximate surface area is 106 Å². The Kier molecular flexibility index (Phi) is 5.61. The van der Waals surface area contributed by atoms with Crippen LogP contribution in [0.15, 0.2) is 11.4 Å². The van der Waals surface area contributed by atoms with Crippen LogP contribution in [0.5, 0.6) is 0 Å². The molecule has 17 heavy (non-hydrogen) atoms. The third-order valence-corrected chi connectivity index (χ3v) is 3.47. The molecule has 96 valence electrons. The zero-order chi connectivity index (χ0) is 12.8. The Morgan fingerprint density at radius 2 is 2.06 bits per heavy atom. The molecule has 5 heteroatoms. The first-order valence-electron chi connectivity index (χ1n) is 5.63. The van der Waals surface area contributed by atoms with E-state index in [0.717, 1.165) is 25.1 Å². The van der Waals surface area contributed by atoms with Gasteiger partial charge in [0.1, 0.15) is 4.88 Å². The highest BCUT2D eigenvalue weighted by atomic mass is 32.1. The molecular formula is C12H20N2O2S. The van der Waals surface area contributed by atoms with Crippen LogP contribution in [0.1, 0.15) is 21.7 Å². The van der Waals surface area contributed by atoms with Gasteiger partial charge in [0.15, 0.2) is 0 Å². The predicted molar refractivity (Wildman–Crippen MR) is 70.8 cm³/mol. The lowest BCUT2D eigenvalue weighted by Crippen LogP contribution is -2.23. The van der Waals surface area contributed by atoms with E-state index in [-0.39, 0.29) is 0 Å². The number of carboxylic acid groups (broad SMARTS) is 1. The fourth-order valence-electron chi connectivity index (χ4n) is 1.67. The summed E-state index contributed by atoms with van der Waals surface area (Å²) in [5, 5.41) is 10.8. The summed E-state index contributed by atoms with van der Waals surface area (Å²) >= 11 is 1.29. The number of hydrogen-bond acceptors (Lipinski definition) is 4. The van der Waals surface area contributed by atoms with Gasteiger partial charge in [0.05, 0.1) is 0 Å². The van der Waals surface area contributed by atoms with Gasteiger partial charge in [-0.2, -0.15) is 0 Å². The summed E-state index contributed by atoms with van der Waals surface area (Å²) in [6.07, 6.45) is 1.09. The molecule has 0 aliphatic carbocycles. The van der Waals surface area contributed by atoms with Gasteiger partial charge in [0.25, 0.3) is 0 Å². The molecule has 0 saturated heterocycles. The Hall–Kier alpha value is -0.910. The van der Waals surface area contributed by atoms with Gasteiger partial charge in [-0.05, 0) is 57.7 Å². The fourth-order valence-corrected chi connectivity index (χ4v) is 2.43. The van der Waals surface area contributed by atoms with E-state index in [1.54, 1.807) is 0 Å². The van der Waals surface area contributed by atoms with Crippen molar-refractivity contribution in [2.24, 2.45) is 0 Å². The molecule has 4 nitrogen and oxygen atoms in total. The van der Waals surface area contributed by atoms with Crippen LogP contribution in [0.25, 0.3) is 0 Å². The minimum atomic E-state index is -0.823. The van der Waals surface area contributed by atoms with Gasteiger partial charge in [0, 0.05) is 6.54 Å². The van der Waals surface area contributed by atoms with Gasteiger partial charge in [-0.15, -0.1) is 11.3 Å². The molecule has 0 bridgehead atoms. The molecule has 0 aliphatic heterocycles. The highest BCUT2D eigenvalue weighted by molar-refractivity contribution is 7.12. The minimum absolute atomic E-state index is 0.462. The van der Waals surface area contributed by atoms with Crippen molar-refractivity contribution >= 4 is 17.3 Å². The topological polar surface area (TPSA) is 43.8 Å². The largest absolute Gasteiger partial charge is 0.477 e. The third kappa shape index (κ3) is 4.85. The van der Waals surface area contributed by atoms with E-state index in [4.69, 9.17) is 5.11 Å². The van der Waals surface area contributed by atoms with Crippen molar-refractivity contribution in [3.8, 4) is 0 Å². The maximum absolute atomic E-state index is 11.0. The van der Waals surface area contributed by atoms with Crippen LogP contribution in [-0.2, 0) is 6.54 Å². The highest BCUT2D eigenvalue weighted by Crippen LogP contribution is 2.18. The summed E-state index contributed by atoms with van der Waals surface area (Å²) in [4.78, 5) is 15.7. The quantitative estimate of drug-likeness (QED) is 0.808. The second-order valence-corrected chi connectivity index (χ2v) is 5.39. The summed E-state index contributed by atoms with van der Waals surface area (Å²) in [5.74, 6) is -0.823. The number of rotatable bonds is 7. The van der Waals surface area contributed by atoms with Crippen LogP contribution >= 0.6 is 11.3 Å². The summed E-state index contributed by atoms with van der Waals surface area (Å²) in [5.41, 5.74) is 0.912. The van der Waals surface area contributed by atoms with E-state index >= 15 is 0 Å². The zero-order valence-corrected chi connectivity index (χ0v) is 11.5. The van der Waals surface area contributed by atoms with E-state index in [1.165, 1.54) is 11.3 Å². The van der Waals surface area contributed by atoms with Crippen LogP contribution in [0.4, 0.5) is 0 Å². The number of carbonyl (C=O) groups is 1. The lowest BCUT2D eigenvalue weighted by molar-refractivity contribution is 0.0700. The zero-order valence-electron chi connectivity index (χ0n) is 10.6. The van der Waals surface area contributed by atoms with Crippen molar-refractivity contribution in [1.29, 1.82) is 0 Å². The lowest BCUT2D eigenvalue weighted by Gasteiger charge is -2.17. The molecule has 1 aromatic rings. The van der Waals surface area contributed by atoms with Crippen molar-refractivity contribution in [2.45, 2.75) is 13.0 Å². The number of nitrogens with zero attached hydrogens (tertiary/aromatic N) is 2. The number of thiophene rings is 1. The smallest absolute Gasteiger partial charge is 0.346 e. The van der Waals surface area contributed by atoms with E-state index in [9.17, 15) is 4.79 Å². The first-order chi connectivity index (χ1) is 8.00. The van der Waals surface area contributed by atoms with Crippen LogP contribution in [0.2, 0.25) is 0 Å². The van der Waals surface area contributed by atoms with Crippen molar-refractivity contribution in [2.75, 3.05) is 34.2 Å². The Balaban J connectivity index is 2.42. The SMILES string of the molecule is CN(C)CCCN(C)Cc1ccsc1C(=O)O. The Bertz CT molecular complexity index is 363. The Morgan fingerprint density at radius 1 is 1.35 bits per heavy atom. The molecule has 1 N–H and O–H groups in total. The molecule has 1 heterocycles. The summed E-state index contributed by atoms with van der Waals surface area (Å²) < 4.78 is 0. The normalized spacial score (nSPS) is 11.4. The molecule has 0 spiro atoms. The minimum Gasteiger partial charge on any atom is -0.477 e. The van der Waals surface area contributed by atoms with E-state index in [1.807, 2.05) is 18.5 Å². The van der Waals surface area contributed by atoms with E-state index in [2.05, 4.69) is 23.9 Å². The second-order valence-electron chi connectivity index (χ2n) is 4.47. The molecular weight excluding hydrogens is 236 g/mol. The van der Waals surface area contributed by atoms with Gasteiger partial charge in [-0.1, -0.05) is 0 Å². The Morgan fingerprint density at radius 3 is 2.65 bits per heavy atom. The van der Waals surface area contributed by atoms with Crippen LogP contribution < -0.4 is 0 Å². The van der Waals surface area contributed by atoms with Crippen molar-refractivity contribution in [3.63, 3.8) is 0 Å². The van der Waals surface area contributed by atoms with Crippen LogP contribution in [0.3, 0.4) is 0 Å². The lowest BCUT2D eigenvalue weighted by atomic mass is 10.2. The number of aromatic carboxylic acids is 1. The molecule has 0 amide bonds. The molecule has 0 aliphatic rings. The molecule has 0 radical (unpaired) electrons. The second kappa shape index (κ2) is 6.74. The van der Waals surface area contributed by atoms with Gasteiger partial charge in [-0.3, -0.25) is 0 Å². The fraction of sp³-hybridized carbons (Fsp3) is 0.583.